The molecule has 4 saturated carbocycles. The van der Waals surface area contributed by atoms with E-state index in [0.29, 0.717) is 28.9 Å². The first-order valence-corrected chi connectivity index (χ1v) is 11.8. The maximum Gasteiger partial charge on any atom is 2.00 e. The summed E-state index contributed by atoms with van der Waals surface area (Å²) in [5, 5.41) is 10.1. The molecule has 36 heavy (non-hydrogen) atoms. The van der Waals surface area contributed by atoms with Crippen molar-refractivity contribution >= 4 is 41.0 Å². The van der Waals surface area contributed by atoms with Crippen LogP contribution in [0.3, 0.4) is 0 Å². The van der Waals surface area contributed by atoms with Gasteiger partial charge in [-0.1, -0.05) is 13.2 Å². The minimum Gasteiger partial charge on any atom is -1.00 e. The van der Waals surface area contributed by atoms with Gasteiger partial charge in [-0.2, -0.15) is 0 Å². The van der Waals surface area contributed by atoms with Crippen molar-refractivity contribution in [2.24, 2.45) is 35.5 Å². The van der Waals surface area contributed by atoms with Crippen LogP contribution in [0.4, 0.5) is 0 Å². The first kappa shape index (κ1) is 31.1. The van der Waals surface area contributed by atoms with Gasteiger partial charge in [0.15, 0.2) is 5.79 Å². The molecule has 8 nitrogen and oxygen atoms in total. The Morgan fingerprint density at radius 2 is 1.44 bits per heavy atom. The second-order valence-electron chi connectivity index (χ2n) is 10.8. The monoisotopic (exact) mass is 534 g/mol. The van der Waals surface area contributed by atoms with Gasteiger partial charge in [-0.25, -0.2) is 9.59 Å². The molecule has 0 radical (unpaired) electrons. The zero-order valence-corrected chi connectivity index (χ0v) is 23.6. The van der Waals surface area contributed by atoms with E-state index >= 15 is 0 Å². The zero-order valence-electron chi connectivity index (χ0n) is 21.4. The predicted molar refractivity (Wildman–Crippen MR) is 126 cm³/mol. The maximum atomic E-state index is 11.6. The molecule has 11 unspecified atom stereocenters. The van der Waals surface area contributed by atoms with Gasteiger partial charge in [0.1, 0.15) is 24.4 Å². The molecule has 6 aliphatic rings. The van der Waals surface area contributed by atoms with Crippen LogP contribution < -0.4 is 12.4 Å². The van der Waals surface area contributed by atoms with Crippen LogP contribution in [0.2, 0.25) is 0 Å². The molecule has 0 spiro atoms. The Labute approximate surface area is 235 Å². The summed E-state index contributed by atoms with van der Waals surface area (Å²) in [7, 11) is 0. The molecule has 2 saturated heterocycles. The average molecular weight is 535 g/mol. The van der Waals surface area contributed by atoms with E-state index in [0.717, 1.165) is 25.7 Å². The molecule has 10 heteroatoms. The predicted octanol–water partition coefficient (Wildman–Crippen LogP) is -0.633. The van der Waals surface area contributed by atoms with Crippen molar-refractivity contribution in [3.63, 3.8) is 0 Å². The summed E-state index contributed by atoms with van der Waals surface area (Å²) >= 11 is 0. The quantitative estimate of drug-likeness (QED) is 0.167. The summed E-state index contributed by atoms with van der Waals surface area (Å²) in [6.07, 6.45) is 2.90. The number of carbonyl (C=O) groups excluding carboxylic acids is 3. The molecule has 11 atom stereocenters. The molecule has 4 bridgehead atoms. The van der Waals surface area contributed by atoms with Crippen LogP contribution in [-0.2, 0) is 33.3 Å². The topological polar surface area (TPSA) is 108 Å². The van der Waals surface area contributed by atoms with E-state index in [-0.39, 0.29) is 103 Å². The molecular formula is C26H35ClMgO8. The van der Waals surface area contributed by atoms with Gasteiger partial charge in [0.05, 0.1) is 5.92 Å². The molecule has 2 heterocycles. The van der Waals surface area contributed by atoms with Crippen LogP contribution in [-0.4, -0.2) is 76.3 Å². The molecule has 2 aliphatic heterocycles. The van der Waals surface area contributed by atoms with Gasteiger partial charge in [-0.3, -0.25) is 4.79 Å². The zero-order chi connectivity index (χ0) is 23.8. The van der Waals surface area contributed by atoms with Crippen molar-refractivity contribution in [3.8, 4) is 0 Å². The largest absolute Gasteiger partial charge is 2.00 e. The van der Waals surface area contributed by atoms with Gasteiger partial charge < -0.3 is 43.9 Å². The Hall–Kier alpha value is -1.13. The minimum atomic E-state index is -1.05. The Morgan fingerprint density at radius 1 is 0.944 bits per heavy atom. The Balaban J connectivity index is 0.000000234. The summed E-state index contributed by atoms with van der Waals surface area (Å²) in [6, 6.07) is 0. The molecular weight excluding hydrogens is 500 g/mol. The van der Waals surface area contributed by atoms with Crippen LogP contribution in [0.15, 0.2) is 24.3 Å². The maximum absolute atomic E-state index is 11.6. The Morgan fingerprint density at radius 3 is 2.00 bits per heavy atom. The first-order valence-electron chi connectivity index (χ1n) is 11.8. The minimum absolute atomic E-state index is 0. The van der Waals surface area contributed by atoms with E-state index in [1.165, 1.54) is 0 Å². The number of carbonyl (C=O) groups is 3. The SMILES string of the molecule is C=C(C)C(=O)OC1C2CC3C(=O)OC1C3C2.C=C(C)C(=O)OC1C2CC3C1OC(C)(O)C3C2.[CH3-].[Cl-].[Mg+2]. The van der Waals surface area contributed by atoms with E-state index < -0.39 is 5.79 Å². The number of hydrogen-bond acceptors (Lipinski definition) is 8. The Kier molecular flexibility index (Phi) is 9.43. The van der Waals surface area contributed by atoms with E-state index in [9.17, 15) is 19.5 Å². The van der Waals surface area contributed by atoms with Crippen LogP contribution in [0, 0.1) is 42.9 Å². The fourth-order valence-corrected chi connectivity index (χ4v) is 7.06. The summed E-state index contributed by atoms with van der Waals surface area (Å²) in [4.78, 5) is 34.5. The smallest absolute Gasteiger partial charge is 1.00 e. The van der Waals surface area contributed by atoms with Crippen LogP contribution in [0.25, 0.3) is 0 Å². The van der Waals surface area contributed by atoms with E-state index in [4.69, 9.17) is 18.9 Å². The molecule has 4 aliphatic carbocycles. The standard InChI is InChI=1S/C13H18O4.C12H14O4.CH3.ClH.Mg/c1-6(2)12(14)16-10-7-4-8-9(5-7)13(3,15)17-11(8)10;1-5(2)11(13)15-9-6-3-7-8(4-6)12(14)16-10(7)9;;;/h7-11,15H,1,4-5H2,2-3H3;6-10H,1,3-4H2,2H3;1H3;1H;/q;;-1;;+2/p-1. The molecule has 0 amide bonds. The number of hydrogen-bond donors (Lipinski definition) is 1. The molecule has 0 aromatic carbocycles. The number of ether oxygens (including phenoxy) is 4. The molecule has 6 rings (SSSR count). The van der Waals surface area contributed by atoms with Crippen molar-refractivity contribution in [1.82, 2.24) is 0 Å². The molecule has 196 valence electrons. The van der Waals surface area contributed by atoms with Crippen molar-refractivity contribution < 1.29 is 50.8 Å². The molecule has 0 aromatic heterocycles. The number of fused-ring (bicyclic) bond motifs is 2. The van der Waals surface area contributed by atoms with Crippen molar-refractivity contribution in [2.45, 2.75) is 76.7 Å². The fraction of sp³-hybridized carbons (Fsp3) is 0.692. The van der Waals surface area contributed by atoms with Gasteiger partial charge in [0.2, 0.25) is 0 Å². The third-order valence-corrected chi connectivity index (χ3v) is 8.52. The summed E-state index contributed by atoms with van der Waals surface area (Å²) in [5.74, 6) is -0.348. The summed E-state index contributed by atoms with van der Waals surface area (Å²) < 4.78 is 21.8. The van der Waals surface area contributed by atoms with Gasteiger partial charge in [0.25, 0.3) is 0 Å². The van der Waals surface area contributed by atoms with Crippen molar-refractivity contribution in [3.05, 3.63) is 31.7 Å². The van der Waals surface area contributed by atoms with E-state index in [2.05, 4.69) is 13.2 Å². The molecule has 0 aromatic rings. The van der Waals surface area contributed by atoms with Gasteiger partial charge in [-0.15, -0.1) is 0 Å². The van der Waals surface area contributed by atoms with E-state index in [1.54, 1.807) is 20.8 Å². The van der Waals surface area contributed by atoms with Gasteiger partial charge >= 0.3 is 41.0 Å². The average Bonchev–Trinajstić information content (AvgIpc) is 3.52. The van der Waals surface area contributed by atoms with Crippen molar-refractivity contribution in [2.75, 3.05) is 0 Å². The molecule has 1 N–H and O–H groups in total. The number of halogens is 1. The fourth-order valence-electron chi connectivity index (χ4n) is 7.06. The van der Waals surface area contributed by atoms with Crippen molar-refractivity contribution in [1.29, 1.82) is 0 Å². The summed E-state index contributed by atoms with van der Waals surface area (Å²) in [5.41, 5.74) is 0.803. The van der Waals surface area contributed by atoms with Gasteiger partial charge in [-0.05, 0) is 58.3 Å². The normalized spacial score (nSPS) is 43.2. The third kappa shape index (κ3) is 4.98. The summed E-state index contributed by atoms with van der Waals surface area (Å²) in [6.45, 7) is 12.1. The van der Waals surface area contributed by atoms with Gasteiger partial charge in [0, 0.05) is 28.9 Å². The number of rotatable bonds is 4. The first-order chi connectivity index (χ1) is 15.5. The second kappa shape index (κ2) is 10.9. The second-order valence-corrected chi connectivity index (χ2v) is 10.8. The Bertz CT molecular complexity index is 935. The molecule has 6 fully saturated rings. The number of esters is 3. The number of aliphatic hydroxyl groups is 1. The van der Waals surface area contributed by atoms with Crippen LogP contribution in [0.1, 0.15) is 46.5 Å². The van der Waals surface area contributed by atoms with Crippen LogP contribution in [0.5, 0.6) is 0 Å². The third-order valence-electron chi connectivity index (χ3n) is 8.52. The van der Waals surface area contributed by atoms with Crippen LogP contribution >= 0.6 is 0 Å². The van der Waals surface area contributed by atoms with E-state index in [1.807, 2.05) is 0 Å².